The van der Waals surface area contributed by atoms with Crippen LogP contribution in [0.15, 0.2) is 84.1 Å². The van der Waals surface area contributed by atoms with Gasteiger partial charge in [0.1, 0.15) is 5.75 Å². The van der Waals surface area contributed by atoms with Crippen LogP contribution in [0.3, 0.4) is 0 Å². The molecule has 0 aliphatic carbocycles. The minimum atomic E-state index is 0.0385. The van der Waals surface area contributed by atoms with Crippen LogP contribution in [-0.4, -0.2) is 27.6 Å². The van der Waals surface area contributed by atoms with E-state index in [-0.39, 0.29) is 6.04 Å². The van der Waals surface area contributed by atoms with E-state index in [1.807, 2.05) is 48.8 Å². The van der Waals surface area contributed by atoms with Crippen LogP contribution in [0.2, 0.25) is 0 Å². The molecule has 0 saturated carbocycles. The number of ether oxygens (including phenoxy) is 1. The zero-order valence-corrected chi connectivity index (χ0v) is 17.0. The molecule has 0 fully saturated rings. The SMILES string of the molecule is COc1ccccc1C1=Nc2c(-c3ccccc3)c(C)nn2[C@H](c2ccncc2)C1. The summed E-state index contributed by atoms with van der Waals surface area (Å²) in [7, 11) is 1.70. The van der Waals surface area contributed by atoms with Crippen LogP contribution in [0.1, 0.15) is 29.3 Å². The molecule has 0 saturated heterocycles. The molecular weight excluding hydrogens is 372 g/mol. The normalized spacial score (nSPS) is 15.4. The van der Waals surface area contributed by atoms with E-state index in [2.05, 4.69) is 46.9 Å². The second-order valence-corrected chi connectivity index (χ2v) is 7.35. The average molecular weight is 394 g/mol. The second-order valence-electron chi connectivity index (χ2n) is 7.35. The van der Waals surface area contributed by atoms with E-state index in [4.69, 9.17) is 14.8 Å². The number of para-hydroxylation sites is 1. The Labute approximate surface area is 175 Å². The van der Waals surface area contributed by atoms with Crippen molar-refractivity contribution in [1.29, 1.82) is 0 Å². The van der Waals surface area contributed by atoms with Gasteiger partial charge in [0, 0.05) is 29.9 Å². The second kappa shape index (κ2) is 7.59. The molecule has 0 radical (unpaired) electrons. The van der Waals surface area contributed by atoms with Gasteiger partial charge in [-0.1, -0.05) is 42.5 Å². The first-order chi connectivity index (χ1) is 14.8. The third-order valence-electron chi connectivity index (χ3n) is 5.55. The van der Waals surface area contributed by atoms with E-state index < -0.39 is 0 Å². The van der Waals surface area contributed by atoms with Crippen LogP contribution in [0, 0.1) is 6.92 Å². The first-order valence-corrected chi connectivity index (χ1v) is 10.0. The molecule has 2 aromatic carbocycles. The Morgan fingerprint density at radius 2 is 1.67 bits per heavy atom. The standard InChI is InChI=1S/C25H22N4O/c1-17-24(19-8-4-3-5-9-19)25-27-21(20-10-6-7-11-23(20)30-2)16-22(29(25)28-17)18-12-14-26-15-13-18/h3-15,22H,16H2,1-2H3/t22-/m0/s1. The zero-order chi connectivity index (χ0) is 20.5. The third kappa shape index (κ3) is 3.08. The molecule has 5 nitrogen and oxygen atoms in total. The van der Waals surface area contributed by atoms with Gasteiger partial charge in [0.05, 0.1) is 24.6 Å². The van der Waals surface area contributed by atoms with Crippen molar-refractivity contribution in [3.8, 4) is 16.9 Å². The molecule has 2 aromatic heterocycles. The van der Waals surface area contributed by atoms with Gasteiger partial charge < -0.3 is 4.74 Å². The molecule has 1 aliphatic heterocycles. The number of rotatable bonds is 4. The molecule has 30 heavy (non-hydrogen) atoms. The van der Waals surface area contributed by atoms with Crippen LogP contribution in [0.25, 0.3) is 11.1 Å². The first kappa shape index (κ1) is 18.3. The molecule has 3 heterocycles. The molecular formula is C25H22N4O. The number of fused-ring (bicyclic) bond motifs is 1. The predicted octanol–water partition coefficient (Wildman–Crippen LogP) is 5.38. The molecule has 0 spiro atoms. The number of methoxy groups -OCH3 is 1. The fraction of sp³-hybridized carbons (Fsp3) is 0.160. The third-order valence-corrected chi connectivity index (χ3v) is 5.55. The lowest BCUT2D eigenvalue weighted by Crippen LogP contribution is -2.21. The average Bonchev–Trinajstić information content (AvgIpc) is 3.15. The summed E-state index contributed by atoms with van der Waals surface area (Å²) in [5.41, 5.74) is 6.34. The van der Waals surface area contributed by atoms with Gasteiger partial charge in [-0.3, -0.25) is 4.98 Å². The van der Waals surface area contributed by atoms with Crippen molar-refractivity contribution in [2.24, 2.45) is 4.99 Å². The van der Waals surface area contributed by atoms with Crippen LogP contribution >= 0.6 is 0 Å². The summed E-state index contributed by atoms with van der Waals surface area (Å²) in [4.78, 5) is 9.31. The Morgan fingerprint density at radius 1 is 0.933 bits per heavy atom. The summed E-state index contributed by atoms with van der Waals surface area (Å²) in [6.45, 7) is 2.05. The van der Waals surface area contributed by atoms with Gasteiger partial charge in [0.15, 0.2) is 5.82 Å². The van der Waals surface area contributed by atoms with Crippen LogP contribution in [-0.2, 0) is 0 Å². The highest BCUT2D eigenvalue weighted by molar-refractivity contribution is 6.06. The highest BCUT2D eigenvalue weighted by atomic mass is 16.5. The van der Waals surface area contributed by atoms with Crippen molar-refractivity contribution in [2.45, 2.75) is 19.4 Å². The zero-order valence-electron chi connectivity index (χ0n) is 17.0. The summed E-state index contributed by atoms with van der Waals surface area (Å²) in [5, 5.41) is 4.91. The van der Waals surface area contributed by atoms with E-state index in [9.17, 15) is 0 Å². The minimum absolute atomic E-state index is 0.0385. The Kier molecular flexibility index (Phi) is 4.64. The van der Waals surface area contributed by atoms with Crippen molar-refractivity contribution < 1.29 is 4.74 Å². The number of nitrogens with zero attached hydrogens (tertiary/aromatic N) is 4. The van der Waals surface area contributed by atoms with Gasteiger partial charge in [0.2, 0.25) is 0 Å². The molecule has 5 heteroatoms. The van der Waals surface area contributed by atoms with Crippen molar-refractivity contribution in [3.63, 3.8) is 0 Å². The van der Waals surface area contributed by atoms with Crippen LogP contribution < -0.4 is 4.74 Å². The van der Waals surface area contributed by atoms with Gasteiger partial charge in [-0.15, -0.1) is 0 Å². The largest absolute Gasteiger partial charge is 0.496 e. The van der Waals surface area contributed by atoms with E-state index in [0.717, 1.165) is 51.6 Å². The fourth-order valence-electron chi connectivity index (χ4n) is 4.14. The quantitative estimate of drug-likeness (QED) is 0.467. The Hall–Kier alpha value is -3.73. The monoisotopic (exact) mass is 394 g/mol. The molecule has 0 unspecified atom stereocenters. The maximum Gasteiger partial charge on any atom is 0.159 e. The summed E-state index contributed by atoms with van der Waals surface area (Å²) >= 11 is 0. The van der Waals surface area contributed by atoms with Crippen molar-refractivity contribution in [3.05, 3.63) is 95.9 Å². The number of aryl methyl sites for hydroxylation is 1. The first-order valence-electron chi connectivity index (χ1n) is 10.0. The molecule has 5 rings (SSSR count). The molecule has 1 aliphatic rings. The molecule has 4 aromatic rings. The lowest BCUT2D eigenvalue weighted by atomic mass is 9.95. The lowest BCUT2D eigenvalue weighted by Gasteiger charge is -2.26. The molecule has 0 bridgehead atoms. The number of pyridine rings is 1. The summed E-state index contributed by atoms with van der Waals surface area (Å²) in [6, 6.07) is 22.6. The fourth-order valence-corrected chi connectivity index (χ4v) is 4.14. The van der Waals surface area contributed by atoms with Gasteiger partial charge in [-0.05, 0) is 42.3 Å². The smallest absolute Gasteiger partial charge is 0.159 e. The number of hydrogen-bond acceptors (Lipinski definition) is 4. The van der Waals surface area contributed by atoms with E-state index >= 15 is 0 Å². The van der Waals surface area contributed by atoms with Gasteiger partial charge in [0.25, 0.3) is 0 Å². The lowest BCUT2D eigenvalue weighted by molar-refractivity contribution is 0.413. The van der Waals surface area contributed by atoms with Crippen LogP contribution in [0.5, 0.6) is 5.75 Å². The van der Waals surface area contributed by atoms with E-state index in [0.29, 0.717) is 0 Å². The van der Waals surface area contributed by atoms with Gasteiger partial charge >= 0.3 is 0 Å². The highest BCUT2D eigenvalue weighted by Crippen LogP contribution is 2.42. The molecule has 0 N–H and O–H groups in total. The molecule has 1 atom stereocenters. The highest BCUT2D eigenvalue weighted by Gasteiger charge is 2.30. The van der Waals surface area contributed by atoms with Gasteiger partial charge in [-0.25, -0.2) is 9.67 Å². The summed E-state index contributed by atoms with van der Waals surface area (Å²) in [6.07, 6.45) is 4.39. The number of aliphatic imine (C=N–C) groups is 1. The molecule has 148 valence electrons. The maximum atomic E-state index is 5.63. The molecule has 0 amide bonds. The Balaban J connectivity index is 1.75. The minimum Gasteiger partial charge on any atom is -0.496 e. The Morgan fingerprint density at radius 3 is 2.43 bits per heavy atom. The summed E-state index contributed by atoms with van der Waals surface area (Å²) < 4.78 is 7.70. The van der Waals surface area contributed by atoms with Crippen LogP contribution in [0.4, 0.5) is 5.82 Å². The number of hydrogen-bond donors (Lipinski definition) is 0. The predicted molar refractivity (Wildman–Crippen MR) is 119 cm³/mol. The van der Waals surface area contributed by atoms with Crippen molar-refractivity contribution >= 4 is 11.5 Å². The van der Waals surface area contributed by atoms with Crippen molar-refractivity contribution in [1.82, 2.24) is 14.8 Å². The van der Waals surface area contributed by atoms with Gasteiger partial charge in [-0.2, -0.15) is 5.10 Å². The summed E-state index contributed by atoms with van der Waals surface area (Å²) in [5.74, 6) is 1.71. The van der Waals surface area contributed by atoms with E-state index in [1.54, 1.807) is 7.11 Å². The van der Waals surface area contributed by atoms with Crippen molar-refractivity contribution in [2.75, 3.05) is 7.11 Å². The number of aromatic nitrogens is 3. The topological polar surface area (TPSA) is 52.3 Å². The number of benzene rings is 2. The Bertz CT molecular complexity index is 1210. The van der Waals surface area contributed by atoms with E-state index in [1.165, 1.54) is 0 Å². The maximum absolute atomic E-state index is 5.63.